The second-order valence-corrected chi connectivity index (χ2v) is 4.31. The summed E-state index contributed by atoms with van der Waals surface area (Å²) in [4.78, 5) is 11.8. The van der Waals surface area contributed by atoms with Gasteiger partial charge in [-0.25, -0.2) is 4.39 Å². The van der Waals surface area contributed by atoms with Crippen LogP contribution in [0.15, 0.2) is 18.2 Å². The Kier molecular flexibility index (Phi) is 4.08. The fraction of sp³-hybridized carbons (Fsp3) is 0.333. The van der Waals surface area contributed by atoms with Crippen LogP contribution in [0.25, 0.3) is 0 Å². The maximum absolute atomic E-state index is 13.5. The molecule has 0 bridgehead atoms. The van der Waals surface area contributed by atoms with Crippen LogP contribution in [0.3, 0.4) is 0 Å². The number of rotatable bonds is 3. The van der Waals surface area contributed by atoms with E-state index in [9.17, 15) is 9.18 Å². The molecule has 0 radical (unpaired) electrons. The molecule has 0 spiro atoms. The molecule has 1 atom stereocenters. The number of hydrogen-bond acceptors (Lipinski definition) is 2. The first-order valence-electron chi connectivity index (χ1n) is 5.10. The summed E-state index contributed by atoms with van der Waals surface area (Å²) in [6.45, 7) is 3.35. The molecular weight excluding hydrogens is 243 g/mol. The van der Waals surface area contributed by atoms with Crippen molar-refractivity contribution in [3.63, 3.8) is 0 Å². The summed E-state index contributed by atoms with van der Waals surface area (Å²) in [7, 11) is 0. The molecule has 0 aromatic heterocycles. The standard InChI is InChI=1S/C12H12ClFN2O/c1-3-12(2,7-15)16-11(17)9-5-4-8(13)6-10(9)14/h4-6H,3H2,1-2H3,(H,16,17). The highest BCUT2D eigenvalue weighted by Crippen LogP contribution is 2.16. The van der Waals surface area contributed by atoms with Gasteiger partial charge in [0.2, 0.25) is 0 Å². The molecule has 0 aliphatic heterocycles. The molecule has 90 valence electrons. The first kappa shape index (κ1) is 13.5. The monoisotopic (exact) mass is 254 g/mol. The summed E-state index contributed by atoms with van der Waals surface area (Å²) >= 11 is 5.59. The number of amides is 1. The summed E-state index contributed by atoms with van der Waals surface area (Å²) in [6, 6.07) is 5.76. The van der Waals surface area contributed by atoms with E-state index in [4.69, 9.17) is 16.9 Å². The summed E-state index contributed by atoms with van der Waals surface area (Å²) in [5.74, 6) is -1.32. The number of nitriles is 1. The number of carbonyl (C=O) groups is 1. The number of halogens is 2. The minimum atomic E-state index is -0.997. The highest BCUT2D eigenvalue weighted by molar-refractivity contribution is 6.30. The van der Waals surface area contributed by atoms with Gasteiger partial charge in [-0.15, -0.1) is 0 Å². The van der Waals surface area contributed by atoms with Crippen LogP contribution >= 0.6 is 11.6 Å². The highest BCUT2D eigenvalue weighted by Gasteiger charge is 2.25. The van der Waals surface area contributed by atoms with E-state index >= 15 is 0 Å². The summed E-state index contributed by atoms with van der Waals surface area (Å²) in [5, 5.41) is 11.6. The lowest BCUT2D eigenvalue weighted by Gasteiger charge is -2.21. The van der Waals surface area contributed by atoms with E-state index in [0.29, 0.717) is 6.42 Å². The predicted octanol–water partition coefficient (Wildman–Crippen LogP) is 2.90. The van der Waals surface area contributed by atoms with E-state index < -0.39 is 17.3 Å². The van der Waals surface area contributed by atoms with Gasteiger partial charge in [-0.2, -0.15) is 5.26 Å². The van der Waals surface area contributed by atoms with E-state index in [-0.39, 0.29) is 10.6 Å². The molecule has 1 rings (SSSR count). The first-order valence-corrected chi connectivity index (χ1v) is 5.48. The molecule has 0 saturated heterocycles. The van der Waals surface area contributed by atoms with E-state index in [2.05, 4.69) is 5.32 Å². The van der Waals surface area contributed by atoms with Crippen LogP contribution in [-0.4, -0.2) is 11.4 Å². The Bertz CT molecular complexity index is 484. The van der Waals surface area contributed by atoms with Gasteiger partial charge in [0, 0.05) is 5.02 Å². The van der Waals surface area contributed by atoms with E-state index in [1.54, 1.807) is 13.8 Å². The van der Waals surface area contributed by atoms with Gasteiger partial charge in [-0.1, -0.05) is 18.5 Å². The average Bonchev–Trinajstić information content (AvgIpc) is 2.28. The number of nitrogens with one attached hydrogen (secondary N) is 1. The first-order chi connectivity index (χ1) is 7.91. The van der Waals surface area contributed by atoms with Crippen molar-refractivity contribution < 1.29 is 9.18 Å². The quantitative estimate of drug-likeness (QED) is 0.902. The maximum Gasteiger partial charge on any atom is 0.255 e. The van der Waals surface area contributed by atoms with Crippen molar-refractivity contribution in [1.29, 1.82) is 5.26 Å². The normalized spacial score (nSPS) is 13.6. The number of nitrogens with zero attached hydrogens (tertiary/aromatic N) is 1. The Morgan fingerprint density at radius 3 is 2.76 bits per heavy atom. The number of hydrogen-bond donors (Lipinski definition) is 1. The fourth-order valence-corrected chi connectivity index (χ4v) is 1.35. The SMILES string of the molecule is CCC(C)(C#N)NC(=O)c1ccc(Cl)cc1F. The van der Waals surface area contributed by atoms with Gasteiger partial charge in [-0.05, 0) is 31.5 Å². The third kappa shape index (κ3) is 3.18. The largest absolute Gasteiger partial charge is 0.334 e. The Morgan fingerprint density at radius 2 is 2.29 bits per heavy atom. The van der Waals surface area contributed by atoms with Crippen LogP contribution in [0.2, 0.25) is 5.02 Å². The second-order valence-electron chi connectivity index (χ2n) is 3.88. The van der Waals surface area contributed by atoms with Crippen LogP contribution in [-0.2, 0) is 0 Å². The highest BCUT2D eigenvalue weighted by atomic mass is 35.5. The van der Waals surface area contributed by atoms with Crippen LogP contribution in [0.1, 0.15) is 30.6 Å². The Morgan fingerprint density at radius 1 is 1.65 bits per heavy atom. The average molecular weight is 255 g/mol. The Balaban J connectivity index is 2.95. The van der Waals surface area contributed by atoms with Gasteiger partial charge in [-0.3, -0.25) is 4.79 Å². The van der Waals surface area contributed by atoms with Gasteiger partial charge in [0.05, 0.1) is 11.6 Å². The molecule has 1 amide bonds. The van der Waals surface area contributed by atoms with E-state index in [1.807, 2.05) is 6.07 Å². The second kappa shape index (κ2) is 5.15. The molecule has 17 heavy (non-hydrogen) atoms. The third-order valence-electron chi connectivity index (χ3n) is 2.52. The molecule has 1 aromatic rings. The zero-order chi connectivity index (χ0) is 13.1. The van der Waals surface area contributed by atoms with Crippen molar-refractivity contribution in [2.24, 2.45) is 0 Å². The Hall–Kier alpha value is -1.60. The molecule has 0 aliphatic carbocycles. The van der Waals surface area contributed by atoms with Crippen molar-refractivity contribution in [3.05, 3.63) is 34.6 Å². The molecule has 5 heteroatoms. The topological polar surface area (TPSA) is 52.9 Å². The van der Waals surface area contributed by atoms with Crippen molar-refractivity contribution >= 4 is 17.5 Å². The Labute approximate surface area is 104 Å². The van der Waals surface area contributed by atoms with Crippen molar-refractivity contribution in [2.75, 3.05) is 0 Å². The minimum absolute atomic E-state index is 0.121. The van der Waals surface area contributed by atoms with Gasteiger partial charge >= 0.3 is 0 Å². The number of carbonyl (C=O) groups excluding carboxylic acids is 1. The van der Waals surface area contributed by atoms with Crippen LogP contribution in [0.4, 0.5) is 4.39 Å². The third-order valence-corrected chi connectivity index (χ3v) is 2.75. The van der Waals surface area contributed by atoms with Crippen LogP contribution < -0.4 is 5.32 Å². The van der Waals surface area contributed by atoms with Crippen molar-refractivity contribution in [3.8, 4) is 6.07 Å². The molecule has 0 heterocycles. The molecule has 0 fully saturated rings. The molecule has 0 aliphatic rings. The van der Waals surface area contributed by atoms with Gasteiger partial charge in [0.25, 0.3) is 5.91 Å². The summed E-state index contributed by atoms with van der Waals surface area (Å²) < 4.78 is 13.5. The molecule has 0 saturated carbocycles. The van der Waals surface area contributed by atoms with E-state index in [1.165, 1.54) is 12.1 Å². The van der Waals surface area contributed by atoms with Crippen molar-refractivity contribution in [2.45, 2.75) is 25.8 Å². The predicted molar refractivity (Wildman–Crippen MR) is 63.2 cm³/mol. The molecule has 1 unspecified atom stereocenters. The summed E-state index contributed by atoms with van der Waals surface area (Å²) in [6.07, 6.45) is 0.435. The lowest BCUT2D eigenvalue weighted by Crippen LogP contribution is -2.44. The van der Waals surface area contributed by atoms with Gasteiger partial charge in [0.15, 0.2) is 0 Å². The zero-order valence-corrected chi connectivity index (χ0v) is 10.3. The molecule has 1 aromatic carbocycles. The smallest absolute Gasteiger partial charge is 0.255 e. The fourth-order valence-electron chi connectivity index (χ4n) is 1.19. The van der Waals surface area contributed by atoms with Crippen LogP contribution in [0.5, 0.6) is 0 Å². The minimum Gasteiger partial charge on any atom is -0.334 e. The summed E-state index contributed by atoms with van der Waals surface area (Å²) in [5.41, 5.74) is -1.12. The van der Waals surface area contributed by atoms with Crippen molar-refractivity contribution in [1.82, 2.24) is 5.32 Å². The molecule has 3 nitrogen and oxygen atoms in total. The number of benzene rings is 1. The molecule has 1 N–H and O–H groups in total. The lowest BCUT2D eigenvalue weighted by molar-refractivity contribution is 0.0919. The molecular formula is C12H12ClFN2O. The lowest BCUT2D eigenvalue weighted by atomic mass is 10.0. The maximum atomic E-state index is 13.5. The van der Waals surface area contributed by atoms with E-state index in [0.717, 1.165) is 6.07 Å². The van der Waals surface area contributed by atoms with Gasteiger partial charge in [0.1, 0.15) is 11.4 Å². The zero-order valence-electron chi connectivity index (χ0n) is 9.55. The van der Waals surface area contributed by atoms with Crippen LogP contribution in [0, 0.1) is 17.1 Å². The van der Waals surface area contributed by atoms with Gasteiger partial charge < -0.3 is 5.32 Å².